The molecule has 1 aromatic carbocycles. The van der Waals surface area contributed by atoms with E-state index in [0.717, 1.165) is 45.9 Å². The molecule has 6 nitrogen and oxygen atoms in total. The lowest BCUT2D eigenvalue weighted by molar-refractivity contribution is 0.340. The Labute approximate surface area is 162 Å². The van der Waals surface area contributed by atoms with E-state index in [1.165, 1.54) is 0 Å². The molecule has 7 heteroatoms. The van der Waals surface area contributed by atoms with E-state index in [-0.39, 0.29) is 0 Å². The molecule has 0 saturated heterocycles. The molecule has 0 amide bonds. The third-order valence-corrected chi connectivity index (χ3v) is 5.22. The summed E-state index contributed by atoms with van der Waals surface area (Å²) in [6.07, 6.45) is 4.07. The highest BCUT2D eigenvalue weighted by molar-refractivity contribution is 7.98. The van der Waals surface area contributed by atoms with Gasteiger partial charge in [-0.2, -0.15) is 0 Å². The Morgan fingerprint density at radius 3 is 2.63 bits per heavy atom. The van der Waals surface area contributed by atoms with Crippen molar-refractivity contribution in [2.24, 2.45) is 0 Å². The van der Waals surface area contributed by atoms with Crippen LogP contribution in [-0.2, 0) is 12.3 Å². The highest BCUT2D eigenvalue weighted by Gasteiger charge is 2.14. The molecule has 0 aliphatic rings. The van der Waals surface area contributed by atoms with Crippen LogP contribution < -0.4 is 4.74 Å². The van der Waals surface area contributed by atoms with Crippen LogP contribution in [0.4, 0.5) is 0 Å². The number of benzene rings is 1. The van der Waals surface area contributed by atoms with Crippen molar-refractivity contribution < 1.29 is 4.74 Å². The zero-order chi connectivity index (χ0) is 18.6. The number of aromatic nitrogens is 5. The van der Waals surface area contributed by atoms with Crippen molar-refractivity contribution in [3.05, 3.63) is 60.6 Å². The Morgan fingerprint density at radius 2 is 1.89 bits per heavy atom. The van der Waals surface area contributed by atoms with Gasteiger partial charge in [-0.3, -0.25) is 0 Å². The van der Waals surface area contributed by atoms with Gasteiger partial charge < -0.3 is 13.7 Å². The highest BCUT2D eigenvalue weighted by atomic mass is 32.2. The van der Waals surface area contributed by atoms with Gasteiger partial charge in [0.15, 0.2) is 11.0 Å². The lowest BCUT2D eigenvalue weighted by Gasteiger charge is -2.08. The predicted molar refractivity (Wildman–Crippen MR) is 107 cm³/mol. The number of hydrogen-bond acceptors (Lipinski definition) is 5. The quantitative estimate of drug-likeness (QED) is 0.448. The molecule has 0 fully saturated rings. The summed E-state index contributed by atoms with van der Waals surface area (Å²) in [4.78, 5) is 4.65. The highest BCUT2D eigenvalue weighted by Crippen LogP contribution is 2.27. The molecule has 0 saturated carbocycles. The Hall–Kier alpha value is -2.80. The van der Waals surface area contributed by atoms with Gasteiger partial charge in [0.2, 0.25) is 0 Å². The van der Waals surface area contributed by atoms with E-state index in [2.05, 4.69) is 32.9 Å². The molecule has 0 bridgehead atoms. The van der Waals surface area contributed by atoms with Gasteiger partial charge in [0.05, 0.1) is 12.3 Å². The number of imidazole rings is 1. The molecular formula is C20H21N5OS. The molecule has 0 aliphatic carbocycles. The fourth-order valence-electron chi connectivity index (χ4n) is 2.96. The van der Waals surface area contributed by atoms with Crippen molar-refractivity contribution >= 4 is 17.4 Å². The minimum absolute atomic E-state index is 0.661. The standard InChI is InChI=1S/C20H21N5OS/c1-3-25-19(15-8-10-17(11-9-15)26-4-2)22-23-20(25)27-14-16-13-24-12-6-5-7-18(24)21-16/h5-13H,3-4,14H2,1-2H3. The molecule has 4 rings (SSSR count). The van der Waals surface area contributed by atoms with E-state index in [9.17, 15) is 0 Å². The van der Waals surface area contributed by atoms with Crippen molar-refractivity contribution in [2.45, 2.75) is 31.3 Å². The molecule has 0 unspecified atom stereocenters. The first-order chi connectivity index (χ1) is 13.3. The van der Waals surface area contributed by atoms with Crippen molar-refractivity contribution in [3.8, 4) is 17.1 Å². The van der Waals surface area contributed by atoms with Crippen LogP contribution in [-0.4, -0.2) is 30.8 Å². The van der Waals surface area contributed by atoms with Crippen LogP contribution in [0, 0.1) is 0 Å². The molecule has 0 aliphatic heterocycles. The Bertz CT molecular complexity index is 1010. The SMILES string of the molecule is CCOc1ccc(-c2nnc(SCc3cn4ccccc4n3)n2CC)cc1. The molecule has 27 heavy (non-hydrogen) atoms. The molecule has 4 aromatic rings. The Morgan fingerprint density at radius 1 is 1.04 bits per heavy atom. The maximum absolute atomic E-state index is 5.52. The van der Waals surface area contributed by atoms with E-state index in [1.807, 2.05) is 60.0 Å². The van der Waals surface area contributed by atoms with Gasteiger partial charge in [-0.05, 0) is 50.2 Å². The summed E-state index contributed by atoms with van der Waals surface area (Å²) >= 11 is 1.66. The zero-order valence-electron chi connectivity index (χ0n) is 15.4. The summed E-state index contributed by atoms with van der Waals surface area (Å²) < 4.78 is 9.68. The number of thioether (sulfide) groups is 1. The minimum atomic E-state index is 0.661. The van der Waals surface area contributed by atoms with Gasteiger partial charge in [0.25, 0.3) is 0 Å². The van der Waals surface area contributed by atoms with Crippen molar-refractivity contribution in [1.29, 1.82) is 0 Å². The summed E-state index contributed by atoms with van der Waals surface area (Å²) in [7, 11) is 0. The molecular weight excluding hydrogens is 358 g/mol. The fraction of sp³-hybridized carbons (Fsp3) is 0.250. The lowest BCUT2D eigenvalue weighted by Crippen LogP contribution is -2.00. The van der Waals surface area contributed by atoms with Crippen LogP contribution in [0.5, 0.6) is 5.75 Å². The van der Waals surface area contributed by atoms with Crippen molar-refractivity contribution in [2.75, 3.05) is 6.61 Å². The molecule has 0 N–H and O–H groups in total. The van der Waals surface area contributed by atoms with Crippen LogP contribution in [0.25, 0.3) is 17.0 Å². The van der Waals surface area contributed by atoms with Gasteiger partial charge in [-0.15, -0.1) is 10.2 Å². The second-order valence-electron chi connectivity index (χ2n) is 5.99. The smallest absolute Gasteiger partial charge is 0.191 e. The molecule has 0 radical (unpaired) electrons. The van der Waals surface area contributed by atoms with Crippen LogP contribution in [0.2, 0.25) is 0 Å². The Balaban J connectivity index is 1.53. The second kappa shape index (κ2) is 7.84. The van der Waals surface area contributed by atoms with Crippen LogP contribution in [0.1, 0.15) is 19.5 Å². The third kappa shape index (κ3) is 3.68. The van der Waals surface area contributed by atoms with Crippen LogP contribution in [0.3, 0.4) is 0 Å². The fourth-order valence-corrected chi connectivity index (χ4v) is 3.84. The van der Waals surface area contributed by atoms with Crippen molar-refractivity contribution in [1.82, 2.24) is 24.1 Å². The monoisotopic (exact) mass is 379 g/mol. The van der Waals surface area contributed by atoms with Crippen LogP contribution in [0.15, 0.2) is 60.0 Å². The average molecular weight is 379 g/mol. The summed E-state index contributed by atoms with van der Waals surface area (Å²) in [6.45, 7) is 5.56. The van der Waals surface area contributed by atoms with E-state index in [0.29, 0.717) is 6.61 Å². The topological polar surface area (TPSA) is 57.2 Å². The largest absolute Gasteiger partial charge is 0.494 e. The average Bonchev–Trinajstić information content (AvgIpc) is 3.30. The summed E-state index contributed by atoms with van der Waals surface area (Å²) in [5.41, 5.74) is 3.02. The van der Waals surface area contributed by atoms with Gasteiger partial charge >= 0.3 is 0 Å². The Kier molecular flexibility index (Phi) is 5.11. The minimum Gasteiger partial charge on any atom is -0.494 e. The molecule has 138 valence electrons. The maximum atomic E-state index is 5.52. The van der Waals surface area contributed by atoms with Gasteiger partial charge in [-0.1, -0.05) is 17.8 Å². The van der Waals surface area contributed by atoms with E-state index >= 15 is 0 Å². The summed E-state index contributed by atoms with van der Waals surface area (Å²) in [5.74, 6) is 2.49. The first kappa shape index (κ1) is 17.6. The summed E-state index contributed by atoms with van der Waals surface area (Å²) in [5, 5.41) is 9.72. The molecule has 0 spiro atoms. The third-order valence-electron chi connectivity index (χ3n) is 4.22. The van der Waals surface area contributed by atoms with E-state index in [1.54, 1.807) is 11.8 Å². The number of fused-ring (bicyclic) bond motifs is 1. The first-order valence-corrected chi connectivity index (χ1v) is 9.99. The van der Waals surface area contributed by atoms with E-state index in [4.69, 9.17) is 4.74 Å². The zero-order valence-corrected chi connectivity index (χ0v) is 16.2. The number of nitrogens with zero attached hydrogens (tertiary/aromatic N) is 5. The molecule has 0 atom stereocenters. The maximum Gasteiger partial charge on any atom is 0.191 e. The lowest BCUT2D eigenvalue weighted by atomic mass is 10.2. The van der Waals surface area contributed by atoms with Gasteiger partial charge in [-0.25, -0.2) is 4.98 Å². The normalized spacial score (nSPS) is 11.2. The van der Waals surface area contributed by atoms with Gasteiger partial charge in [0, 0.05) is 30.3 Å². The van der Waals surface area contributed by atoms with E-state index < -0.39 is 0 Å². The molecule has 3 aromatic heterocycles. The molecule has 3 heterocycles. The summed E-state index contributed by atoms with van der Waals surface area (Å²) in [6, 6.07) is 14.0. The number of rotatable bonds is 7. The second-order valence-corrected chi connectivity index (χ2v) is 6.94. The van der Waals surface area contributed by atoms with Crippen LogP contribution >= 0.6 is 11.8 Å². The van der Waals surface area contributed by atoms with Crippen molar-refractivity contribution in [3.63, 3.8) is 0 Å². The number of ether oxygens (including phenoxy) is 1. The number of pyridine rings is 1. The van der Waals surface area contributed by atoms with Gasteiger partial charge in [0.1, 0.15) is 11.4 Å². The number of hydrogen-bond donors (Lipinski definition) is 0. The predicted octanol–water partition coefficient (Wildman–Crippen LogP) is 4.30. The first-order valence-electron chi connectivity index (χ1n) is 9.00.